The van der Waals surface area contributed by atoms with E-state index in [1.54, 1.807) is 12.1 Å². The Labute approximate surface area is 93.8 Å². The molecule has 0 radical (unpaired) electrons. The van der Waals surface area contributed by atoms with Crippen molar-refractivity contribution in [2.45, 2.75) is 25.8 Å². The van der Waals surface area contributed by atoms with Gasteiger partial charge in [0.2, 0.25) is 0 Å². The summed E-state index contributed by atoms with van der Waals surface area (Å²) in [5, 5.41) is 3.01. The highest BCUT2D eigenvalue weighted by Gasteiger charge is 2.12. The molecule has 4 nitrogen and oxygen atoms in total. The second-order valence-corrected chi connectivity index (χ2v) is 3.78. The molecule has 1 rings (SSSR count). The number of amides is 1. The predicted octanol–water partition coefficient (Wildman–Crippen LogP) is 1.79. The molecular formula is C10H15ClN2O2. The van der Waals surface area contributed by atoms with Crippen molar-refractivity contribution in [1.29, 1.82) is 0 Å². The Balaban J connectivity index is 2.42. The van der Waals surface area contributed by atoms with Gasteiger partial charge >= 0.3 is 0 Å². The molecule has 0 spiro atoms. The maximum Gasteiger partial charge on any atom is 0.287 e. The fraction of sp³-hybridized carbons (Fsp3) is 0.500. The van der Waals surface area contributed by atoms with Crippen molar-refractivity contribution in [1.82, 2.24) is 5.32 Å². The van der Waals surface area contributed by atoms with Crippen LogP contribution in [0.3, 0.4) is 0 Å². The van der Waals surface area contributed by atoms with E-state index in [9.17, 15) is 4.79 Å². The summed E-state index contributed by atoms with van der Waals surface area (Å²) in [6, 6.07) is 3.18. The van der Waals surface area contributed by atoms with Crippen LogP contribution >= 0.6 is 11.6 Å². The number of halogens is 1. The third kappa shape index (κ3) is 3.93. The number of furan rings is 1. The van der Waals surface area contributed by atoms with Crippen LogP contribution in [0.2, 0.25) is 5.22 Å². The van der Waals surface area contributed by atoms with Crippen molar-refractivity contribution in [2.24, 2.45) is 5.73 Å². The first-order chi connectivity index (χ1) is 7.13. The molecule has 15 heavy (non-hydrogen) atoms. The van der Waals surface area contributed by atoms with Crippen LogP contribution in [-0.2, 0) is 0 Å². The lowest BCUT2D eigenvalue weighted by molar-refractivity contribution is 0.0910. The molecule has 1 aromatic rings. The smallest absolute Gasteiger partial charge is 0.287 e. The van der Waals surface area contributed by atoms with Gasteiger partial charge in [-0.2, -0.15) is 0 Å². The average molecular weight is 231 g/mol. The van der Waals surface area contributed by atoms with Gasteiger partial charge in [0.25, 0.3) is 5.91 Å². The molecule has 0 aliphatic rings. The van der Waals surface area contributed by atoms with Crippen LogP contribution in [-0.4, -0.2) is 18.5 Å². The van der Waals surface area contributed by atoms with E-state index in [-0.39, 0.29) is 22.9 Å². The predicted molar refractivity (Wildman–Crippen MR) is 58.9 cm³/mol. The Morgan fingerprint density at radius 1 is 1.67 bits per heavy atom. The summed E-state index contributed by atoms with van der Waals surface area (Å²) in [5.41, 5.74) is 5.37. The minimum Gasteiger partial charge on any atom is -0.440 e. The molecule has 5 heteroatoms. The molecule has 0 fully saturated rings. The molecule has 1 heterocycles. The van der Waals surface area contributed by atoms with Gasteiger partial charge in [-0.15, -0.1) is 0 Å². The Kier molecular flexibility index (Phi) is 4.65. The molecule has 1 amide bonds. The van der Waals surface area contributed by atoms with E-state index in [4.69, 9.17) is 21.8 Å². The number of rotatable bonds is 5. The Morgan fingerprint density at radius 3 is 2.93 bits per heavy atom. The number of nitrogens with two attached hydrogens (primary N) is 1. The molecule has 1 atom stereocenters. The van der Waals surface area contributed by atoms with Crippen molar-refractivity contribution >= 4 is 17.5 Å². The summed E-state index contributed by atoms with van der Waals surface area (Å²) in [5.74, 6) is -0.00831. The van der Waals surface area contributed by atoms with Crippen LogP contribution in [0.5, 0.6) is 0 Å². The highest BCUT2D eigenvalue weighted by atomic mass is 35.5. The van der Waals surface area contributed by atoms with E-state index in [2.05, 4.69) is 5.32 Å². The number of carbonyl (C=O) groups excluding carboxylic acids is 1. The van der Waals surface area contributed by atoms with Crippen LogP contribution in [0.15, 0.2) is 16.5 Å². The molecule has 0 aromatic carbocycles. The fourth-order valence-electron chi connectivity index (χ4n) is 1.23. The summed E-state index contributed by atoms with van der Waals surface area (Å²) in [6.45, 7) is 2.56. The van der Waals surface area contributed by atoms with Crippen LogP contribution in [0.1, 0.15) is 30.3 Å². The summed E-state index contributed by atoms with van der Waals surface area (Å²) in [6.07, 6.45) is 1.75. The molecule has 84 valence electrons. The Morgan fingerprint density at radius 2 is 2.40 bits per heavy atom. The highest BCUT2D eigenvalue weighted by Crippen LogP contribution is 2.13. The third-order valence-electron chi connectivity index (χ3n) is 2.02. The van der Waals surface area contributed by atoms with Gasteiger partial charge in [0.05, 0.1) is 0 Å². The number of hydrogen-bond donors (Lipinski definition) is 2. The monoisotopic (exact) mass is 230 g/mol. The van der Waals surface area contributed by atoms with E-state index in [1.165, 1.54) is 0 Å². The zero-order valence-electron chi connectivity index (χ0n) is 8.63. The second-order valence-electron chi connectivity index (χ2n) is 3.41. The third-order valence-corrected chi connectivity index (χ3v) is 2.22. The topological polar surface area (TPSA) is 68.3 Å². The van der Waals surface area contributed by atoms with Crippen molar-refractivity contribution in [2.75, 3.05) is 6.54 Å². The fourth-order valence-corrected chi connectivity index (χ4v) is 1.37. The molecule has 3 N–H and O–H groups in total. The lowest BCUT2D eigenvalue weighted by Crippen LogP contribution is -2.32. The molecular weight excluding hydrogens is 216 g/mol. The van der Waals surface area contributed by atoms with Gasteiger partial charge in [-0.3, -0.25) is 4.79 Å². The maximum atomic E-state index is 11.5. The normalized spacial score (nSPS) is 12.5. The summed E-state index contributed by atoms with van der Waals surface area (Å²) in [7, 11) is 0. The first-order valence-electron chi connectivity index (χ1n) is 4.89. The van der Waals surface area contributed by atoms with E-state index < -0.39 is 0 Å². The largest absolute Gasteiger partial charge is 0.440 e. The zero-order valence-corrected chi connectivity index (χ0v) is 9.38. The first-order valence-corrected chi connectivity index (χ1v) is 5.27. The first kappa shape index (κ1) is 12.1. The van der Waals surface area contributed by atoms with Gasteiger partial charge in [-0.05, 0) is 50.0 Å². The average Bonchev–Trinajstić information content (AvgIpc) is 2.61. The zero-order chi connectivity index (χ0) is 11.3. The summed E-state index contributed by atoms with van der Waals surface area (Å²) in [4.78, 5) is 11.5. The lowest BCUT2D eigenvalue weighted by atomic mass is 10.2. The van der Waals surface area contributed by atoms with Gasteiger partial charge in [-0.25, -0.2) is 0 Å². The SMILES string of the molecule is CC(CCCN)NC(=O)c1ccc(Cl)o1. The van der Waals surface area contributed by atoms with E-state index in [0.29, 0.717) is 6.54 Å². The standard InChI is InChI=1S/C10H15ClN2O2/c1-7(3-2-6-12)13-10(14)8-4-5-9(11)15-8/h4-5,7H,2-3,6,12H2,1H3,(H,13,14). The van der Waals surface area contributed by atoms with Gasteiger partial charge in [0.1, 0.15) is 0 Å². The van der Waals surface area contributed by atoms with E-state index in [0.717, 1.165) is 12.8 Å². The molecule has 0 saturated heterocycles. The minimum atomic E-state index is -0.244. The van der Waals surface area contributed by atoms with Gasteiger partial charge in [0, 0.05) is 6.04 Å². The summed E-state index contributed by atoms with van der Waals surface area (Å²) >= 11 is 5.56. The molecule has 1 aromatic heterocycles. The van der Waals surface area contributed by atoms with Gasteiger partial charge < -0.3 is 15.5 Å². The quantitative estimate of drug-likeness (QED) is 0.811. The van der Waals surface area contributed by atoms with Gasteiger partial charge in [-0.1, -0.05) is 0 Å². The molecule has 0 saturated carbocycles. The van der Waals surface area contributed by atoms with Crippen LogP contribution in [0, 0.1) is 0 Å². The maximum absolute atomic E-state index is 11.5. The molecule has 0 aliphatic heterocycles. The molecule has 0 aliphatic carbocycles. The summed E-state index contributed by atoms with van der Waals surface area (Å²) < 4.78 is 4.98. The van der Waals surface area contributed by atoms with Crippen LogP contribution < -0.4 is 11.1 Å². The number of hydrogen-bond acceptors (Lipinski definition) is 3. The Bertz CT molecular complexity index is 325. The molecule has 0 bridgehead atoms. The van der Waals surface area contributed by atoms with E-state index in [1.807, 2.05) is 6.92 Å². The van der Waals surface area contributed by atoms with Crippen LogP contribution in [0.4, 0.5) is 0 Å². The lowest BCUT2D eigenvalue weighted by Gasteiger charge is -2.11. The molecule has 1 unspecified atom stereocenters. The number of nitrogens with one attached hydrogen (secondary N) is 1. The van der Waals surface area contributed by atoms with Crippen molar-refractivity contribution < 1.29 is 9.21 Å². The van der Waals surface area contributed by atoms with Gasteiger partial charge in [0.15, 0.2) is 11.0 Å². The minimum absolute atomic E-state index is 0.0879. The second kappa shape index (κ2) is 5.78. The van der Waals surface area contributed by atoms with E-state index >= 15 is 0 Å². The highest BCUT2D eigenvalue weighted by molar-refractivity contribution is 6.29. The Hall–Kier alpha value is -1.00. The van der Waals surface area contributed by atoms with Crippen molar-refractivity contribution in [3.05, 3.63) is 23.1 Å². The van der Waals surface area contributed by atoms with Crippen LogP contribution in [0.25, 0.3) is 0 Å². The van der Waals surface area contributed by atoms with Crippen molar-refractivity contribution in [3.8, 4) is 0 Å². The number of carbonyl (C=O) groups is 1. The van der Waals surface area contributed by atoms with Crippen molar-refractivity contribution in [3.63, 3.8) is 0 Å².